The SMILES string of the molecule is O=C(/C=C1\CC2(CCC2)OC2CC(C(F)(F)F)CCC12)Nc1cccc2c1OCC(=O)N2. The van der Waals surface area contributed by atoms with Gasteiger partial charge in [0.25, 0.3) is 5.91 Å². The van der Waals surface area contributed by atoms with Gasteiger partial charge in [0.1, 0.15) is 0 Å². The van der Waals surface area contributed by atoms with E-state index in [1.165, 1.54) is 6.08 Å². The highest BCUT2D eigenvalue weighted by atomic mass is 19.4. The Kier molecular flexibility index (Phi) is 5.19. The van der Waals surface area contributed by atoms with Gasteiger partial charge >= 0.3 is 6.18 Å². The zero-order valence-electron chi connectivity index (χ0n) is 17.5. The number of hydrogen-bond acceptors (Lipinski definition) is 4. The van der Waals surface area contributed by atoms with Crippen molar-refractivity contribution < 1.29 is 32.2 Å². The second-order valence-corrected chi connectivity index (χ2v) is 9.26. The number of halogens is 3. The van der Waals surface area contributed by atoms with Gasteiger partial charge in [0, 0.05) is 12.0 Å². The number of anilines is 2. The van der Waals surface area contributed by atoms with Gasteiger partial charge in [-0.05, 0) is 57.1 Å². The van der Waals surface area contributed by atoms with Crippen LogP contribution in [-0.2, 0) is 14.3 Å². The third kappa shape index (κ3) is 3.98. The van der Waals surface area contributed by atoms with Crippen molar-refractivity contribution in [2.24, 2.45) is 11.8 Å². The Morgan fingerprint density at radius 1 is 1.25 bits per heavy atom. The lowest BCUT2D eigenvalue weighted by Gasteiger charge is -2.53. The number of nitrogens with one attached hydrogen (secondary N) is 2. The number of amides is 2. The average Bonchev–Trinajstić information content (AvgIpc) is 2.71. The van der Waals surface area contributed by atoms with Crippen molar-refractivity contribution >= 4 is 23.2 Å². The number of benzene rings is 1. The lowest BCUT2D eigenvalue weighted by Crippen LogP contribution is -2.53. The van der Waals surface area contributed by atoms with E-state index in [0.29, 0.717) is 30.0 Å². The summed E-state index contributed by atoms with van der Waals surface area (Å²) < 4.78 is 51.7. The average molecular weight is 450 g/mol. The lowest BCUT2D eigenvalue weighted by molar-refractivity contribution is -0.227. The number of rotatable bonds is 2. The van der Waals surface area contributed by atoms with Crippen LogP contribution in [-0.4, -0.2) is 36.3 Å². The molecule has 2 N–H and O–H groups in total. The van der Waals surface area contributed by atoms with E-state index >= 15 is 0 Å². The van der Waals surface area contributed by atoms with Crippen molar-refractivity contribution in [2.75, 3.05) is 17.2 Å². The third-order valence-corrected chi connectivity index (χ3v) is 7.13. The van der Waals surface area contributed by atoms with Gasteiger partial charge in [-0.15, -0.1) is 0 Å². The molecule has 0 bridgehead atoms. The van der Waals surface area contributed by atoms with Gasteiger partial charge < -0.3 is 20.1 Å². The predicted molar refractivity (Wildman–Crippen MR) is 110 cm³/mol. The summed E-state index contributed by atoms with van der Waals surface area (Å²) in [4.78, 5) is 24.4. The number of carbonyl (C=O) groups is 2. The minimum Gasteiger partial charge on any atom is -0.479 e. The van der Waals surface area contributed by atoms with Crippen molar-refractivity contribution in [3.8, 4) is 5.75 Å². The molecule has 1 saturated heterocycles. The Bertz CT molecular complexity index is 970. The zero-order valence-corrected chi connectivity index (χ0v) is 17.5. The van der Waals surface area contributed by atoms with E-state index in [-0.39, 0.29) is 37.2 Å². The molecule has 2 aliphatic heterocycles. The van der Waals surface area contributed by atoms with Gasteiger partial charge in [-0.2, -0.15) is 13.2 Å². The molecule has 6 nitrogen and oxygen atoms in total. The first-order valence-electron chi connectivity index (χ1n) is 11.0. The second-order valence-electron chi connectivity index (χ2n) is 9.26. The van der Waals surface area contributed by atoms with E-state index in [1.807, 2.05) is 0 Å². The standard InChI is InChI=1S/C23H25F3N2O4/c24-23(25,26)14-5-6-15-13(11-22(7-2-8-22)32-18(15)10-14)9-19(29)27-16-3-1-4-17-21(16)31-12-20(30)28-17/h1,3-4,9,14-15,18H,2,5-8,10-12H2,(H,27,29)(H,28,30)/b13-9+. The topological polar surface area (TPSA) is 76.7 Å². The molecule has 1 aromatic carbocycles. The molecule has 3 atom stereocenters. The molecule has 172 valence electrons. The molecule has 5 rings (SSSR count). The maximum Gasteiger partial charge on any atom is 0.391 e. The smallest absolute Gasteiger partial charge is 0.391 e. The summed E-state index contributed by atoms with van der Waals surface area (Å²) in [7, 11) is 0. The summed E-state index contributed by atoms with van der Waals surface area (Å²) in [5, 5.41) is 5.51. The van der Waals surface area contributed by atoms with Crippen LogP contribution in [0.15, 0.2) is 29.8 Å². The molecular formula is C23H25F3N2O4. The van der Waals surface area contributed by atoms with Crippen LogP contribution in [0.3, 0.4) is 0 Å². The second kappa shape index (κ2) is 7.79. The van der Waals surface area contributed by atoms with Crippen LogP contribution >= 0.6 is 0 Å². The van der Waals surface area contributed by atoms with Gasteiger partial charge in [-0.25, -0.2) is 0 Å². The van der Waals surface area contributed by atoms with Crippen LogP contribution in [0.2, 0.25) is 0 Å². The van der Waals surface area contributed by atoms with Crippen molar-refractivity contribution in [3.05, 3.63) is 29.8 Å². The molecule has 3 fully saturated rings. The van der Waals surface area contributed by atoms with E-state index < -0.39 is 23.8 Å². The first kappa shape index (κ1) is 21.3. The Morgan fingerprint density at radius 3 is 2.78 bits per heavy atom. The summed E-state index contributed by atoms with van der Waals surface area (Å²) in [5.41, 5.74) is 1.36. The monoisotopic (exact) mass is 450 g/mol. The van der Waals surface area contributed by atoms with Crippen LogP contribution in [0, 0.1) is 11.8 Å². The van der Waals surface area contributed by atoms with Gasteiger partial charge in [-0.3, -0.25) is 9.59 Å². The van der Waals surface area contributed by atoms with Gasteiger partial charge in [0.05, 0.1) is 29.0 Å². The van der Waals surface area contributed by atoms with E-state index in [2.05, 4.69) is 10.6 Å². The molecule has 2 aliphatic carbocycles. The molecular weight excluding hydrogens is 425 g/mol. The number of carbonyl (C=O) groups excluding carboxylic acids is 2. The van der Waals surface area contributed by atoms with Crippen molar-refractivity contribution in [1.29, 1.82) is 0 Å². The quantitative estimate of drug-likeness (QED) is 0.647. The molecule has 1 aromatic rings. The summed E-state index contributed by atoms with van der Waals surface area (Å²) in [6.45, 7) is -0.134. The maximum atomic E-state index is 13.3. The highest BCUT2D eigenvalue weighted by molar-refractivity contribution is 6.03. The fourth-order valence-electron chi connectivity index (χ4n) is 5.42. The van der Waals surface area contributed by atoms with E-state index in [1.54, 1.807) is 18.2 Å². The molecule has 2 heterocycles. The predicted octanol–water partition coefficient (Wildman–Crippen LogP) is 4.57. The summed E-state index contributed by atoms with van der Waals surface area (Å²) in [6.07, 6.45) is 0.366. The fraction of sp³-hybridized carbons (Fsp3) is 0.565. The fourth-order valence-corrected chi connectivity index (χ4v) is 5.42. The number of hydrogen-bond donors (Lipinski definition) is 2. The Balaban J connectivity index is 1.36. The molecule has 0 radical (unpaired) electrons. The molecule has 1 spiro atoms. The number of fused-ring (bicyclic) bond motifs is 2. The minimum absolute atomic E-state index is 0.0470. The number of ether oxygens (including phenoxy) is 2. The van der Waals surface area contributed by atoms with Crippen LogP contribution in [0.4, 0.5) is 24.5 Å². The summed E-state index contributed by atoms with van der Waals surface area (Å²) >= 11 is 0. The molecule has 2 saturated carbocycles. The van der Waals surface area contributed by atoms with Crippen LogP contribution < -0.4 is 15.4 Å². The van der Waals surface area contributed by atoms with Crippen LogP contribution in [0.5, 0.6) is 5.75 Å². The normalized spacial score (nSPS) is 29.9. The first-order valence-corrected chi connectivity index (χ1v) is 11.0. The Hall–Kier alpha value is -2.55. The molecule has 4 aliphatic rings. The minimum atomic E-state index is -4.22. The summed E-state index contributed by atoms with van der Waals surface area (Å²) in [6, 6.07) is 5.06. The van der Waals surface area contributed by atoms with Gasteiger partial charge in [0.15, 0.2) is 12.4 Å². The van der Waals surface area contributed by atoms with Gasteiger partial charge in [-0.1, -0.05) is 11.6 Å². The number of para-hydroxylation sites is 1. The van der Waals surface area contributed by atoms with Crippen molar-refractivity contribution in [2.45, 2.75) is 62.8 Å². The van der Waals surface area contributed by atoms with Crippen LogP contribution in [0.25, 0.3) is 0 Å². The van der Waals surface area contributed by atoms with Gasteiger partial charge in [0.2, 0.25) is 5.91 Å². The Morgan fingerprint density at radius 2 is 2.06 bits per heavy atom. The van der Waals surface area contributed by atoms with E-state index in [0.717, 1.165) is 24.8 Å². The molecule has 9 heteroatoms. The zero-order chi connectivity index (χ0) is 22.5. The molecule has 0 aromatic heterocycles. The highest BCUT2D eigenvalue weighted by Crippen LogP contribution is 2.53. The molecule has 32 heavy (non-hydrogen) atoms. The van der Waals surface area contributed by atoms with Crippen molar-refractivity contribution in [3.63, 3.8) is 0 Å². The first-order chi connectivity index (χ1) is 15.2. The molecule has 2 amide bonds. The third-order valence-electron chi connectivity index (χ3n) is 7.13. The van der Waals surface area contributed by atoms with E-state index in [4.69, 9.17) is 9.47 Å². The lowest BCUT2D eigenvalue weighted by atomic mass is 9.66. The highest BCUT2D eigenvalue weighted by Gasteiger charge is 2.53. The largest absolute Gasteiger partial charge is 0.479 e. The van der Waals surface area contributed by atoms with Crippen molar-refractivity contribution in [1.82, 2.24) is 0 Å². The van der Waals surface area contributed by atoms with Crippen LogP contribution in [0.1, 0.15) is 44.9 Å². The van der Waals surface area contributed by atoms with E-state index in [9.17, 15) is 22.8 Å². The number of alkyl halides is 3. The summed E-state index contributed by atoms with van der Waals surface area (Å²) in [5.74, 6) is -1.76. The molecule has 3 unspecified atom stereocenters. The maximum absolute atomic E-state index is 13.3. The Labute approximate surface area is 183 Å².